The van der Waals surface area contributed by atoms with Crippen molar-refractivity contribution in [1.82, 2.24) is 0 Å². The molecule has 2 heteroatoms. The average Bonchev–Trinajstić information content (AvgIpc) is 2.54. The molecular formula is C22H49NO. The zero-order chi connectivity index (χ0) is 17.2. The van der Waals surface area contributed by atoms with Crippen molar-refractivity contribution in [3.8, 4) is 0 Å². The third-order valence-electron chi connectivity index (χ3n) is 5.33. The number of rotatable bonds is 18. The lowest BCUT2D eigenvalue weighted by Crippen LogP contribution is -2.39. The molecule has 4 N–H and O–H groups in total. The van der Waals surface area contributed by atoms with E-state index < -0.39 is 0 Å². The van der Waals surface area contributed by atoms with Crippen LogP contribution >= 0.6 is 0 Å². The number of hydrogen-bond donors (Lipinski definition) is 1. The van der Waals surface area contributed by atoms with Crippen molar-refractivity contribution in [3.05, 3.63) is 0 Å². The summed E-state index contributed by atoms with van der Waals surface area (Å²) in [7, 11) is 0. The largest absolute Gasteiger partial charge is 0.412 e. The molecule has 0 radical (unpaired) electrons. The van der Waals surface area contributed by atoms with E-state index in [4.69, 9.17) is 5.73 Å². The molecule has 0 unspecified atom stereocenters. The van der Waals surface area contributed by atoms with E-state index in [1.807, 2.05) is 0 Å². The molecule has 0 fully saturated rings. The molecule has 0 bridgehead atoms. The predicted molar refractivity (Wildman–Crippen MR) is 111 cm³/mol. The average molecular weight is 344 g/mol. The van der Waals surface area contributed by atoms with Gasteiger partial charge in [0.1, 0.15) is 0 Å². The van der Waals surface area contributed by atoms with Crippen molar-refractivity contribution in [2.75, 3.05) is 0 Å². The number of nitrogens with two attached hydrogens (primary N) is 1. The molecule has 0 aliphatic carbocycles. The van der Waals surface area contributed by atoms with Crippen molar-refractivity contribution in [2.45, 2.75) is 142 Å². The molecule has 2 nitrogen and oxygen atoms in total. The van der Waals surface area contributed by atoms with Gasteiger partial charge < -0.3 is 11.2 Å². The molecule has 0 aromatic heterocycles. The zero-order valence-electron chi connectivity index (χ0n) is 17.3. The van der Waals surface area contributed by atoms with Crippen LogP contribution in [0.3, 0.4) is 0 Å². The Kier molecular flexibility index (Phi) is 21.0. The Balaban J connectivity index is 0. The first kappa shape index (κ1) is 26.2. The van der Waals surface area contributed by atoms with E-state index in [9.17, 15) is 0 Å². The van der Waals surface area contributed by atoms with E-state index >= 15 is 0 Å². The second kappa shape index (κ2) is 19.2. The van der Waals surface area contributed by atoms with Gasteiger partial charge >= 0.3 is 0 Å². The van der Waals surface area contributed by atoms with Crippen LogP contribution in [0.4, 0.5) is 0 Å². The molecule has 0 atom stereocenters. The van der Waals surface area contributed by atoms with Gasteiger partial charge in [0.2, 0.25) is 0 Å². The summed E-state index contributed by atoms with van der Waals surface area (Å²) >= 11 is 0. The SMILES string of the molecule is CCCCCCCC(N)(CCCCCCC)CCCCCCC.O. The van der Waals surface area contributed by atoms with Crippen molar-refractivity contribution >= 4 is 0 Å². The fourth-order valence-corrected chi connectivity index (χ4v) is 3.62. The minimum absolute atomic E-state index is 0. The van der Waals surface area contributed by atoms with Gasteiger partial charge in [-0.05, 0) is 19.3 Å². The van der Waals surface area contributed by atoms with Gasteiger partial charge in [0.05, 0.1) is 0 Å². The van der Waals surface area contributed by atoms with Crippen LogP contribution in [0.15, 0.2) is 0 Å². The molecule has 0 saturated heterocycles. The van der Waals surface area contributed by atoms with Gasteiger partial charge in [-0.25, -0.2) is 0 Å². The summed E-state index contributed by atoms with van der Waals surface area (Å²) in [6.07, 6.45) is 24.4. The highest BCUT2D eigenvalue weighted by atomic mass is 16.0. The van der Waals surface area contributed by atoms with Crippen molar-refractivity contribution in [2.24, 2.45) is 5.73 Å². The summed E-state index contributed by atoms with van der Waals surface area (Å²) in [6, 6.07) is 0. The smallest absolute Gasteiger partial charge is 0.0154 e. The van der Waals surface area contributed by atoms with Gasteiger partial charge in [0.25, 0.3) is 0 Å². The predicted octanol–water partition coefficient (Wildman–Crippen LogP) is 6.94. The molecule has 0 saturated carbocycles. The fourth-order valence-electron chi connectivity index (χ4n) is 3.62. The van der Waals surface area contributed by atoms with Gasteiger partial charge in [-0.3, -0.25) is 0 Å². The van der Waals surface area contributed by atoms with Gasteiger partial charge in [-0.15, -0.1) is 0 Å². The molecule has 0 heterocycles. The molecule has 148 valence electrons. The fraction of sp³-hybridized carbons (Fsp3) is 1.00. The second-order valence-corrected chi connectivity index (χ2v) is 7.86. The highest BCUT2D eigenvalue weighted by Crippen LogP contribution is 2.26. The monoisotopic (exact) mass is 343 g/mol. The van der Waals surface area contributed by atoms with Gasteiger partial charge in [0.15, 0.2) is 0 Å². The minimum Gasteiger partial charge on any atom is -0.412 e. The van der Waals surface area contributed by atoms with Crippen LogP contribution in [0.1, 0.15) is 136 Å². The molecular weight excluding hydrogens is 294 g/mol. The van der Waals surface area contributed by atoms with Crippen LogP contribution in [-0.2, 0) is 0 Å². The van der Waals surface area contributed by atoms with Crippen molar-refractivity contribution in [1.29, 1.82) is 0 Å². The lowest BCUT2D eigenvalue weighted by molar-refractivity contribution is 0.303. The Bertz CT molecular complexity index is 194. The Labute approximate surface area is 153 Å². The van der Waals surface area contributed by atoms with E-state index in [-0.39, 0.29) is 11.0 Å². The lowest BCUT2D eigenvalue weighted by Gasteiger charge is -2.30. The highest BCUT2D eigenvalue weighted by Gasteiger charge is 2.23. The molecule has 0 spiro atoms. The van der Waals surface area contributed by atoms with Crippen LogP contribution in [-0.4, -0.2) is 11.0 Å². The molecule has 0 rings (SSSR count). The number of hydrogen-bond acceptors (Lipinski definition) is 1. The Morgan fingerprint density at radius 1 is 0.458 bits per heavy atom. The standard InChI is InChI=1S/C22H47N.H2O/c1-4-7-10-13-16-19-22(23,20-17-14-11-8-5-2)21-18-15-12-9-6-3;/h4-21,23H2,1-3H3;1H2. The van der Waals surface area contributed by atoms with Crippen LogP contribution in [0.5, 0.6) is 0 Å². The van der Waals surface area contributed by atoms with Crippen LogP contribution in [0.2, 0.25) is 0 Å². The molecule has 0 aliphatic heterocycles. The highest BCUT2D eigenvalue weighted by molar-refractivity contribution is 4.84. The third kappa shape index (κ3) is 16.8. The summed E-state index contributed by atoms with van der Waals surface area (Å²) in [5, 5.41) is 0. The Morgan fingerprint density at radius 2 is 0.708 bits per heavy atom. The van der Waals surface area contributed by atoms with Gasteiger partial charge in [-0.2, -0.15) is 0 Å². The van der Waals surface area contributed by atoms with E-state index in [0.29, 0.717) is 0 Å². The third-order valence-corrected chi connectivity index (χ3v) is 5.33. The molecule has 0 aromatic carbocycles. The molecule has 0 aromatic rings. The lowest BCUT2D eigenvalue weighted by atomic mass is 9.82. The summed E-state index contributed by atoms with van der Waals surface area (Å²) in [5.74, 6) is 0. The zero-order valence-corrected chi connectivity index (χ0v) is 17.3. The van der Waals surface area contributed by atoms with E-state index in [2.05, 4.69) is 20.8 Å². The van der Waals surface area contributed by atoms with Gasteiger partial charge in [0, 0.05) is 5.54 Å². The first-order valence-electron chi connectivity index (χ1n) is 11.0. The summed E-state index contributed by atoms with van der Waals surface area (Å²) in [4.78, 5) is 0. The molecule has 0 aliphatic rings. The second-order valence-electron chi connectivity index (χ2n) is 7.86. The topological polar surface area (TPSA) is 57.5 Å². The first-order chi connectivity index (χ1) is 11.2. The maximum absolute atomic E-state index is 6.84. The van der Waals surface area contributed by atoms with Crippen LogP contribution in [0, 0.1) is 0 Å². The summed E-state index contributed by atoms with van der Waals surface area (Å²) in [5.41, 5.74) is 6.99. The molecule has 0 amide bonds. The van der Waals surface area contributed by atoms with Crippen molar-refractivity contribution < 1.29 is 5.48 Å². The molecule has 24 heavy (non-hydrogen) atoms. The van der Waals surface area contributed by atoms with E-state index in [1.165, 1.54) is 116 Å². The van der Waals surface area contributed by atoms with Crippen LogP contribution < -0.4 is 5.73 Å². The summed E-state index contributed by atoms with van der Waals surface area (Å²) in [6.45, 7) is 6.87. The quantitative estimate of drug-likeness (QED) is 0.269. The van der Waals surface area contributed by atoms with E-state index in [1.54, 1.807) is 0 Å². The van der Waals surface area contributed by atoms with Crippen molar-refractivity contribution in [3.63, 3.8) is 0 Å². The number of unbranched alkanes of at least 4 members (excludes halogenated alkanes) is 12. The maximum Gasteiger partial charge on any atom is 0.0154 e. The maximum atomic E-state index is 6.84. The normalized spacial score (nSPS) is 11.5. The van der Waals surface area contributed by atoms with Gasteiger partial charge in [-0.1, -0.05) is 117 Å². The van der Waals surface area contributed by atoms with E-state index in [0.717, 1.165) is 0 Å². The van der Waals surface area contributed by atoms with Crippen LogP contribution in [0.25, 0.3) is 0 Å². The Morgan fingerprint density at radius 3 is 0.958 bits per heavy atom. The summed E-state index contributed by atoms with van der Waals surface area (Å²) < 4.78 is 0. The Hall–Kier alpha value is -0.0800. The first-order valence-corrected chi connectivity index (χ1v) is 11.0. The minimum atomic E-state index is 0.